The summed E-state index contributed by atoms with van der Waals surface area (Å²) in [5.74, 6) is 0.920. The van der Waals surface area contributed by atoms with Crippen molar-refractivity contribution in [3.8, 4) is 0 Å². The lowest BCUT2D eigenvalue weighted by Gasteiger charge is -2.34. The van der Waals surface area contributed by atoms with E-state index in [9.17, 15) is 0 Å². The molecule has 1 saturated heterocycles. The van der Waals surface area contributed by atoms with E-state index in [-0.39, 0.29) is 0 Å². The van der Waals surface area contributed by atoms with Crippen LogP contribution in [0.15, 0.2) is 0 Å². The Bertz CT molecular complexity index is 143. The number of nitrogens with zero attached hydrogens (tertiary/aromatic N) is 1. The Morgan fingerprint density at radius 2 is 1.92 bits per heavy atom. The molecule has 2 aliphatic rings. The quantitative estimate of drug-likeness (QED) is 0.590. The molecule has 0 aromatic carbocycles. The predicted molar refractivity (Wildman–Crippen MR) is 49.2 cm³/mol. The Labute approximate surface area is 74.9 Å². The molecule has 2 heteroatoms. The van der Waals surface area contributed by atoms with Gasteiger partial charge in [-0.3, -0.25) is 4.90 Å². The molecule has 12 heavy (non-hydrogen) atoms. The van der Waals surface area contributed by atoms with E-state index >= 15 is 0 Å². The number of rotatable bonds is 1. The van der Waals surface area contributed by atoms with Gasteiger partial charge in [0.05, 0.1) is 13.2 Å². The molecule has 1 heterocycles. The molecule has 0 spiro atoms. The van der Waals surface area contributed by atoms with E-state index in [1.54, 1.807) is 0 Å². The summed E-state index contributed by atoms with van der Waals surface area (Å²) in [5.41, 5.74) is 0. The number of morpholine rings is 1. The highest BCUT2D eigenvalue weighted by molar-refractivity contribution is 4.83. The second-order valence-electron chi connectivity index (χ2n) is 4.12. The predicted octanol–water partition coefficient (Wildman–Crippen LogP) is 1.51. The highest BCUT2D eigenvalue weighted by Gasteiger charge is 2.29. The first-order valence-electron chi connectivity index (χ1n) is 5.20. The van der Waals surface area contributed by atoms with Crippen molar-refractivity contribution in [2.24, 2.45) is 5.92 Å². The molecule has 0 aromatic rings. The van der Waals surface area contributed by atoms with Crippen LogP contribution in [0.1, 0.15) is 26.2 Å². The van der Waals surface area contributed by atoms with E-state index in [2.05, 4.69) is 11.8 Å². The fraction of sp³-hybridized carbons (Fsp3) is 1.00. The summed E-state index contributed by atoms with van der Waals surface area (Å²) < 4.78 is 5.35. The SMILES string of the molecule is C[C@@H]1CCCC1N1CCOCC1. The first-order chi connectivity index (χ1) is 5.88. The molecule has 1 unspecified atom stereocenters. The molecule has 70 valence electrons. The number of hydrogen-bond donors (Lipinski definition) is 0. The average molecular weight is 169 g/mol. The van der Waals surface area contributed by atoms with Gasteiger partial charge >= 0.3 is 0 Å². The van der Waals surface area contributed by atoms with Crippen LogP contribution in [0, 0.1) is 5.92 Å². The molecule has 0 bridgehead atoms. The molecule has 2 rings (SSSR count). The number of hydrogen-bond acceptors (Lipinski definition) is 2. The first kappa shape index (κ1) is 8.52. The van der Waals surface area contributed by atoms with E-state index in [4.69, 9.17) is 4.74 Å². The fourth-order valence-corrected chi connectivity index (χ4v) is 2.58. The molecule has 1 aliphatic carbocycles. The lowest BCUT2D eigenvalue weighted by atomic mass is 10.0. The van der Waals surface area contributed by atoms with Gasteiger partial charge in [-0.15, -0.1) is 0 Å². The largest absolute Gasteiger partial charge is 0.379 e. The maximum atomic E-state index is 5.35. The zero-order valence-electron chi connectivity index (χ0n) is 7.96. The maximum absolute atomic E-state index is 5.35. The summed E-state index contributed by atoms with van der Waals surface area (Å²) in [5, 5.41) is 0. The van der Waals surface area contributed by atoms with Crippen molar-refractivity contribution < 1.29 is 4.74 Å². The maximum Gasteiger partial charge on any atom is 0.0594 e. The third-order valence-corrected chi connectivity index (χ3v) is 3.33. The van der Waals surface area contributed by atoms with E-state index < -0.39 is 0 Å². The monoisotopic (exact) mass is 169 g/mol. The van der Waals surface area contributed by atoms with Crippen molar-refractivity contribution in [2.45, 2.75) is 32.2 Å². The van der Waals surface area contributed by atoms with Crippen molar-refractivity contribution in [1.82, 2.24) is 4.90 Å². The minimum Gasteiger partial charge on any atom is -0.379 e. The third kappa shape index (κ3) is 1.64. The van der Waals surface area contributed by atoms with Crippen molar-refractivity contribution in [2.75, 3.05) is 26.3 Å². The van der Waals surface area contributed by atoms with Gasteiger partial charge in [0.1, 0.15) is 0 Å². The van der Waals surface area contributed by atoms with Crippen molar-refractivity contribution in [3.05, 3.63) is 0 Å². The summed E-state index contributed by atoms with van der Waals surface area (Å²) in [6.45, 7) is 6.61. The van der Waals surface area contributed by atoms with Crippen LogP contribution >= 0.6 is 0 Å². The van der Waals surface area contributed by atoms with Gasteiger partial charge in [0.15, 0.2) is 0 Å². The Kier molecular flexibility index (Phi) is 2.66. The van der Waals surface area contributed by atoms with Crippen molar-refractivity contribution >= 4 is 0 Å². The molecule has 2 atom stereocenters. The Morgan fingerprint density at radius 1 is 1.17 bits per heavy atom. The fourth-order valence-electron chi connectivity index (χ4n) is 2.58. The molecule has 0 aromatic heterocycles. The van der Waals surface area contributed by atoms with Crippen LogP contribution < -0.4 is 0 Å². The molecule has 1 aliphatic heterocycles. The second kappa shape index (κ2) is 3.75. The summed E-state index contributed by atoms with van der Waals surface area (Å²) in [6.07, 6.45) is 4.28. The third-order valence-electron chi connectivity index (χ3n) is 3.33. The van der Waals surface area contributed by atoms with Crippen LogP contribution in [-0.4, -0.2) is 37.2 Å². The number of ether oxygens (including phenoxy) is 1. The molecule has 2 nitrogen and oxygen atoms in total. The lowest BCUT2D eigenvalue weighted by molar-refractivity contribution is 0.00989. The summed E-state index contributed by atoms with van der Waals surface area (Å²) in [7, 11) is 0. The first-order valence-corrected chi connectivity index (χ1v) is 5.20. The van der Waals surface area contributed by atoms with Crippen LogP contribution in [0.4, 0.5) is 0 Å². The molecular formula is C10H19NO. The molecule has 0 radical (unpaired) electrons. The molecule has 2 fully saturated rings. The smallest absolute Gasteiger partial charge is 0.0594 e. The van der Waals surface area contributed by atoms with Crippen LogP contribution in [0.3, 0.4) is 0 Å². The van der Waals surface area contributed by atoms with Gasteiger partial charge in [-0.1, -0.05) is 13.3 Å². The topological polar surface area (TPSA) is 12.5 Å². The van der Waals surface area contributed by atoms with Gasteiger partial charge < -0.3 is 4.74 Å². The Hall–Kier alpha value is -0.0800. The normalized spacial score (nSPS) is 38.8. The zero-order chi connectivity index (χ0) is 8.39. The molecule has 0 N–H and O–H groups in total. The summed E-state index contributed by atoms with van der Waals surface area (Å²) in [4.78, 5) is 2.63. The van der Waals surface area contributed by atoms with Crippen LogP contribution in [0.25, 0.3) is 0 Å². The second-order valence-corrected chi connectivity index (χ2v) is 4.12. The van der Waals surface area contributed by atoms with E-state index in [1.165, 1.54) is 19.3 Å². The van der Waals surface area contributed by atoms with Gasteiger partial charge in [-0.25, -0.2) is 0 Å². The molecule has 1 saturated carbocycles. The highest BCUT2D eigenvalue weighted by atomic mass is 16.5. The van der Waals surface area contributed by atoms with Crippen LogP contribution in [-0.2, 0) is 4.74 Å². The average Bonchev–Trinajstić information content (AvgIpc) is 2.53. The minimum atomic E-state index is 0.869. The highest BCUT2D eigenvalue weighted by Crippen LogP contribution is 2.29. The summed E-state index contributed by atoms with van der Waals surface area (Å²) in [6, 6.07) is 0.869. The lowest BCUT2D eigenvalue weighted by Crippen LogP contribution is -2.44. The Morgan fingerprint density at radius 3 is 2.50 bits per heavy atom. The van der Waals surface area contributed by atoms with Crippen molar-refractivity contribution in [3.63, 3.8) is 0 Å². The van der Waals surface area contributed by atoms with Gasteiger partial charge in [0.25, 0.3) is 0 Å². The van der Waals surface area contributed by atoms with Crippen LogP contribution in [0.5, 0.6) is 0 Å². The van der Waals surface area contributed by atoms with E-state index in [0.29, 0.717) is 0 Å². The standard InChI is InChI=1S/C10H19NO/c1-9-3-2-4-10(9)11-5-7-12-8-6-11/h9-10H,2-8H2,1H3/t9-,10?/m1/s1. The molecule has 0 amide bonds. The van der Waals surface area contributed by atoms with E-state index in [1.807, 2.05) is 0 Å². The Balaban J connectivity index is 1.89. The van der Waals surface area contributed by atoms with Gasteiger partial charge in [0.2, 0.25) is 0 Å². The van der Waals surface area contributed by atoms with E-state index in [0.717, 1.165) is 38.3 Å². The van der Waals surface area contributed by atoms with Crippen LogP contribution in [0.2, 0.25) is 0 Å². The van der Waals surface area contributed by atoms with Crippen molar-refractivity contribution in [1.29, 1.82) is 0 Å². The minimum absolute atomic E-state index is 0.869. The van der Waals surface area contributed by atoms with Gasteiger partial charge in [-0.2, -0.15) is 0 Å². The summed E-state index contributed by atoms with van der Waals surface area (Å²) >= 11 is 0. The zero-order valence-corrected chi connectivity index (χ0v) is 7.96. The molecular weight excluding hydrogens is 150 g/mol. The van der Waals surface area contributed by atoms with Gasteiger partial charge in [0, 0.05) is 19.1 Å². The van der Waals surface area contributed by atoms with Gasteiger partial charge in [-0.05, 0) is 18.8 Å².